The number of thiophene rings is 1. The zero-order valence-corrected chi connectivity index (χ0v) is 19.2. The van der Waals surface area contributed by atoms with Gasteiger partial charge in [0.15, 0.2) is 17.3 Å². The van der Waals surface area contributed by atoms with Gasteiger partial charge in [0.2, 0.25) is 5.78 Å². The minimum atomic E-state index is -0.418. The first-order valence-corrected chi connectivity index (χ1v) is 11.1. The Labute approximate surface area is 193 Å². The number of benzene rings is 2. The van der Waals surface area contributed by atoms with Crippen LogP contribution in [0.15, 0.2) is 48.0 Å². The first-order chi connectivity index (χ1) is 16.0. The summed E-state index contributed by atoms with van der Waals surface area (Å²) in [6.07, 6.45) is 1.77. The van der Waals surface area contributed by atoms with E-state index < -0.39 is 5.91 Å². The molecule has 0 spiro atoms. The van der Waals surface area contributed by atoms with Crippen LogP contribution in [0, 0.1) is 5.82 Å². The minimum absolute atomic E-state index is 0.220. The average Bonchev–Trinajstić information content (AvgIpc) is 3.46. The van der Waals surface area contributed by atoms with Crippen LogP contribution in [0.5, 0.6) is 11.5 Å². The molecule has 0 saturated heterocycles. The smallest absolute Gasteiger partial charge is 0.251 e. The van der Waals surface area contributed by atoms with Crippen LogP contribution in [0.2, 0.25) is 0 Å². The molecule has 0 atom stereocenters. The van der Waals surface area contributed by atoms with Gasteiger partial charge < -0.3 is 19.4 Å². The molecule has 2 aromatic carbocycles. The maximum atomic E-state index is 14.1. The number of rotatable bonds is 8. The maximum Gasteiger partial charge on any atom is 0.251 e. The van der Waals surface area contributed by atoms with Crippen LogP contribution in [-0.2, 0) is 6.54 Å². The SMILES string of the molecule is CCn1cc(-c2csc3c(F)cccc23)nc1C(=O)CNC(=O)c1ccc(OC)c(OC)c1. The molecule has 0 bridgehead atoms. The van der Waals surface area contributed by atoms with Crippen molar-refractivity contribution in [3.05, 3.63) is 65.2 Å². The van der Waals surface area contributed by atoms with Crippen molar-refractivity contribution >= 4 is 33.1 Å². The van der Waals surface area contributed by atoms with Gasteiger partial charge in [-0.25, -0.2) is 9.37 Å². The van der Waals surface area contributed by atoms with Crippen LogP contribution in [0.3, 0.4) is 0 Å². The fourth-order valence-corrected chi connectivity index (χ4v) is 4.52. The summed E-state index contributed by atoms with van der Waals surface area (Å²) in [4.78, 5) is 29.9. The zero-order chi connectivity index (χ0) is 23.5. The second kappa shape index (κ2) is 9.41. The number of fused-ring (bicyclic) bond motifs is 1. The number of aryl methyl sites for hydroxylation is 1. The van der Waals surface area contributed by atoms with E-state index in [0.717, 1.165) is 10.9 Å². The summed E-state index contributed by atoms with van der Waals surface area (Å²) >= 11 is 1.30. The van der Waals surface area contributed by atoms with Crippen LogP contribution < -0.4 is 14.8 Å². The van der Waals surface area contributed by atoms with Gasteiger partial charge in [0, 0.05) is 34.6 Å². The van der Waals surface area contributed by atoms with Gasteiger partial charge in [-0.05, 0) is 31.2 Å². The molecule has 9 heteroatoms. The Balaban J connectivity index is 1.53. The van der Waals surface area contributed by atoms with Gasteiger partial charge in [-0.3, -0.25) is 9.59 Å². The Morgan fingerprint density at radius 3 is 2.67 bits per heavy atom. The van der Waals surface area contributed by atoms with Crippen LogP contribution in [0.1, 0.15) is 27.9 Å². The van der Waals surface area contributed by atoms with Crippen LogP contribution in [0.25, 0.3) is 21.3 Å². The second-order valence-corrected chi connectivity index (χ2v) is 8.06. The summed E-state index contributed by atoms with van der Waals surface area (Å²) in [5.41, 5.74) is 1.69. The molecular weight excluding hydrogens is 445 g/mol. The Morgan fingerprint density at radius 1 is 1.15 bits per heavy atom. The lowest BCUT2D eigenvalue weighted by Gasteiger charge is -2.10. The molecule has 0 radical (unpaired) electrons. The number of carbonyl (C=O) groups is 2. The summed E-state index contributed by atoms with van der Waals surface area (Å²) in [6, 6.07) is 9.67. The number of ether oxygens (including phenoxy) is 2. The highest BCUT2D eigenvalue weighted by Crippen LogP contribution is 2.35. The number of aromatic nitrogens is 2. The molecule has 2 aromatic heterocycles. The Hall–Kier alpha value is -3.72. The minimum Gasteiger partial charge on any atom is -0.493 e. The predicted molar refractivity (Wildman–Crippen MR) is 125 cm³/mol. The first kappa shape index (κ1) is 22.5. The third kappa shape index (κ3) is 4.31. The number of nitrogens with one attached hydrogen (secondary N) is 1. The van der Waals surface area contributed by atoms with E-state index in [0.29, 0.717) is 34.0 Å². The Kier molecular flexibility index (Phi) is 6.41. The molecule has 0 aliphatic rings. The third-order valence-corrected chi connectivity index (χ3v) is 6.25. The summed E-state index contributed by atoms with van der Waals surface area (Å²) in [5, 5.41) is 5.22. The van der Waals surface area contributed by atoms with Gasteiger partial charge in [-0.15, -0.1) is 11.3 Å². The fraction of sp³-hybridized carbons (Fsp3) is 0.208. The van der Waals surface area contributed by atoms with E-state index in [1.165, 1.54) is 31.6 Å². The molecular formula is C24H22FN3O4S. The summed E-state index contributed by atoms with van der Waals surface area (Å²) in [6.45, 7) is 2.20. The number of halogens is 1. The fourth-order valence-electron chi connectivity index (χ4n) is 3.55. The van der Waals surface area contributed by atoms with Crippen LogP contribution in [0.4, 0.5) is 4.39 Å². The van der Waals surface area contributed by atoms with E-state index in [1.54, 1.807) is 35.0 Å². The van der Waals surface area contributed by atoms with Gasteiger partial charge in [-0.2, -0.15) is 0 Å². The highest BCUT2D eigenvalue weighted by molar-refractivity contribution is 7.17. The molecule has 7 nitrogen and oxygen atoms in total. The second-order valence-electron chi connectivity index (χ2n) is 7.18. The topological polar surface area (TPSA) is 82.5 Å². The molecule has 0 unspecified atom stereocenters. The van der Waals surface area contributed by atoms with E-state index in [-0.39, 0.29) is 24.0 Å². The van der Waals surface area contributed by atoms with Crippen molar-refractivity contribution in [2.45, 2.75) is 13.5 Å². The van der Waals surface area contributed by atoms with Crippen molar-refractivity contribution in [3.8, 4) is 22.8 Å². The average molecular weight is 468 g/mol. The monoisotopic (exact) mass is 467 g/mol. The molecule has 2 heterocycles. The number of hydrogen-bond donors (Lipinski definition) is 1. The predicted octanol–water partition coefficient (Wildman–Crippen LogP) is 4.55. The number of ketones is 1. The maximum absolute atomic E-state index is 14.1. The molecule has 4 rings (SSSR count). The summed E-state index contributed by atoms with van der Waals surface area (Å²) in [7, 11) is 2.99. The van der Waals surface area contributed by atoms with Gasteiger partial charge in [-0.1, -0.05) is 12.1 Å². The molecule has 0 aliphatic carbocycles. The normalized spacial score (nSPS) is 10.9. The van der Waals surface area contributed by atoms with Crippen LogP contribution in [-0.4, -0.2) is 42.0 Å². The van der Waals surface area contributed by atoms with Crippen molar-refractivity contribution in [2.75, 3.05) is 20.8 Å². The Bertz CT molecular complexity index is 1340. The lowest BCUT2D eigenvalue weighted by Crippen LogP contribution is -2.30. The van der Waals surface area contributed by atoms with Crippen molar-refractivity contribution in [1.82, 2.24) is 14.9 Å². The van der Waals surface area contributed by atoms with Gasteiger partial charge in [0.25, 0.3) is 5.91 Å². The van der Waals surface area contributed by atoms with Crippen molar-refractivity contribution in [3.63, 3.8) is 0 Å². The number of hydrogen-bond acceptors (Lipinski definition) is 6. The number of amides is 1. The van der Waals surface area contributed by atoms with E-state index in [9.17, 15) is 14.0 Å². The summed E-state index contributed by atoms with van der Waals surface area (Å²) < 4.78 is 26.7. The number of methoxy groups -OCH3 is 2. The standard InChI is InChI=1S/C24H22FN3O4S/c1-4-28-12-18(16-13-33-22-15(16)6-5-7-17(22)25)27-23(28)19(29)11-26-24(30)14-8-9-20(31-2)21(10-14)32-3/h5-10,12-13H,4,11H2,1-3H3,(H,26,30). The van der Waals surface area contributed by atoms with Gasteiger partial charge in [0.1, 0.15) is 5.82 Å². The molecule has 1 N–H and O–H groups in total. The van der Waals surface area contributed by atoms with E-state index in [2.05, 4.69) is 10.3 Å². The van der Waals surface area contributed by atoms with E-state index in [4.69, 9.17) is 9.47 Å². The number of carbonyl (C=O) groups excluding carboxylic acids is 2. The van der Waals surface area contributed by atoms with Gasteiger partial charge >= 0.3 is 0 Å². The molecule has 4 aromatic rings. The quantitative estimate of drug-likeness (QED) is 0.385. The highest BCUT2D eigenvalue weighted by atomic mass is 32.1. The number of Topliss-reactive ketones (excluding diaryl/α,β-unsaturated/α-hetero) is 1. The van der Waals surface area contributed by atoms with Gasteiger partial charge in [0.05, 0.1) is 31.2 Å². The third-order valence-electron chi connectivity index (χ3n) is 5.25. The molecule has 0 aliphatic heterocycles. The van der Waals surface area contributed by atoms with E-state index >= 15 is 0 Å². The summed E-state index contributed by atoms with van der Waals surface area (Å²) in [5.74, 6) is 0.121. The number of nitrogens with zero attached hydrogens (tertiary/aromatic N) is 2. The van der Waals surface area contributed by atoms with Crippen LogP contribution >= 0.6 is 11.3 Å². The largest absolute Gasteiger partial charge is 0.493 e. The van der Waals surface area contributed by atoms with Crippen molar-refractivity contribution in [2.24, 2.45) is 0 Å². The van der Waals surface area contributed by atoms with Crippen molar-refractivity contribution in [1.29, 1.82) is 0 Å². The Morgan fingerprint density at radius 2 is 1.94 bits per heavy atom. The zero-order valence-electron chi connectivity index (χ0n) is 18.3. The molecule has 0 saturated carbocycles. The van der Waals surface area contributed by atoms with E-state index in [1.807, 2.05) is 18.4 Å². The molecule has 0 fully saturated rings. The molecule has 1 amide bonds. The lowest BCUT2D eigenvalue weighted by atomic mass is 10.1. The van der Waals surface area contributed by atoms with Crippen molar-refractivity contribution < 1.29 is 23.5 Å². The molecule has 33 heavy (non-hydrogen) atoms. The lowest BCUT2D eigenvalue weighted by molar-refractivity contribution is 0.0898. The number of imidazole rings is 1. The molecule has 170 valence electrons. The first-order valence-electron chi connectivity index (χ1n) is 10.2. The highest BCUT2D eigenvalue weighted by Gasteiger charge is 2.20.